The molecule has 1 aliphatic rings. The molecule has 106 valence electrons. The Morgan fingerprint density at radius 3 is 2.63 bits per heavy atom. The summed E-state index contributed by atoms with van der Waals surface area (Å²) >= 11 is 0. The molecular formula is C16H26N2O. The standard InChI is InChI=1S/C16H26N2O/c1-12-9-18-14(13(2)15(12)19-4)10-17-11-16(3)7-5-6-8-16/h9,17H,5-8,10-11H2,1-4H3. The molecule has 1 saturated carbocycles. The number of methoxy groups -OCH3 is 1. The lowest BCUT2D eigenvalue weighted by molar-refractivity contribution is 0.313. The summed E-state index contributed by atoms with van der Waals surface area (Å²) in [7, 11) is 1.73. The van der Waals surface area contributed by atoms with E-state index in [0.29, 0.717) is 5.41 Å². The molecule has 1 aromatic heterocycles. The van der Waals surface area contributed by atoms with Crippen molar-refractivity contribution in [2.24, 2.45) is 5.41 Å². The van der Waals surface area contributed by atoms with E-state index in [1.54, 1.807) is 7.11 Å². The van der Waals surface area contributed by atoms with E-state index in [1.165, 1.54) is 25.7 Å². The number of rotatable bonds is 5. The van der Waals surface area contributed by atoms with Gasteiger partial charge in [-0.15, -0.1) is 0 Å². The minimum atomic E-state index is 0.489. The van der Waals surface area contributed by atoms with Gasteiger partial charge in [0.25, 0.3) is 0 Å². The molecule has 0 spiro atoms. The van der Waals surface area contributed by atoms with Gasteiger partial charge < -0.3 is 10.1 Å². The lowest BCUT2D eigenvalue weighted by atomic mass is 9.89. The monoisotopic (exact) mass is 262 g/mol. The van der Waals surface area contributed by atoms with Gasteiger partial charge in [-0.25, -0.2) is 0 Å². The van der Waals surface area contributed by atoms with Crippen molar-refractivity contribution in [1.29, 1.82) is 0 Å². The van der Waals surface area contributed by atoms with Crippen molar-refractivity contribution in [3.05, 3.63) is 23.0 Å². The highest BCUT2D eigenvalue weighted by Crippen LogP contribution is 2.36. The maximum Gasteiger partial charge on any atom is 0.128 e. The normalized spacial score (nSPS) is 17.7. The van der Waals surface area contributed by atoms with Gasteiger partial charge in [0.1, 0.15) is 5.75 Å². The van der Waals surface area contributed by atoms with E-state index < -0.39 is 0 Å². The average Bonchev–Trinajstić information content (AvgIpc) is 2.80. The minimum Gasteiger partial charge on any atom is -0.496 e. The molecule has 0 bridgehead atoms. The third kappa shape index (κ3) is 3.27. The van der Waals surface area contributed by atoms with Gasteiger partial charge in [0.05, 0.1) is 12.8 Å². The van der Waals surface area contributed by atoms with Crippen molar-refractivity contribution in [2.75, 3.05) is 13.7 Å². The van der Waals surface area contributed by atoms with Crippen LogP contribution in [0.5, 0.6) is 5.75 Å². The van der Waals surface area contributed by atoms with Crippen LogP contribution in [0.4, 0.5) is 0 Å². The Balaban J connectivity index is 1.96. The molecule has 1 N–H and O–H groups in total. The van der Waals surface area contributed by atoms with Crippen molar-refractivity contribution in [2.45, 2.75) is 53.0 Å². The Kier molecular flexibility index (Phi) is 4.46. The Bertz CT molecular complexity index is 437. The van der Waals surface area contributed by atoms with Crippen LogP contribution in [0.2, 0.25) is 0 Å². The van der Waals surface area contributed by atoms with Gasteiger partial charge in [-0.1, -0.05) is 19.8 Å². The predicted octanol–water partition coefficient (Wildman–Crippen LogP) is 3.38. The number of aryl methyl sites for hydroxylation is 1. The highest BCUT2D eigenvalue weighted by molar-refractivity contribution is 5.40. The summed E-state index contributed by atoms with van der Waals surface area (Å²) in [5.41, 5.74) is 3.85. The van der Waals surface area contributed by atoms with Gasteiger partial charge in [0.2, 0.25) is 0 Å². The topological polar surface area (TPSA) is 34.1 Å². The van der Waals surface area contributed by atoms with Gasteiger partial charge in [-0.3, -0.25) is 4.98 Å². The van der Waals surface area contributed by atoms with E-state index in [1.807, 2.05) is 13.1 Å². The SMILES string of the molecule is COc1c(C)cnc(CNCC2(C)CCCC2)c1C. The second kappa shape index (κ2) is 5.91. The Morgan fingerprint density at radius 2 is 2.00 bits per heavy atom. The lowest BCUT2D eigenvalue weighted by Crippen LogP contribution is -2.29. The molecule has 1 aromatic rings. The molecule has 0 atom stereocenters. The zero-order valence-electron chi connectivity index (χ0n) is 12.7. The molecule has 19 heavy (non-hydrogen) atoms. The molecule has 1 fully saturated rings. The molecule has 1 heterocycles. The van der Waals surface area contributed by atoms with E-state index >= 15 is 0 Å². The molecule has 0 aliphatic heterocycles. The molecule has 0 saturated heterocycles. The van der Waals surface area contributed by atoms with Gasteiger partial charge in [0.15, 0.2) is 0 Å². The second-order valence-corrected chi connectivity index (χ2v) is 6.17. The molecule has 0 unspecified atom stereocenters. The van der Waals surface area contributed by atoms with Crippen molar-refractivity contribution >= 4 is 0 Å². The van der Waals surface area contributed by atoms with Crippen LogP contribution < -0.4 is 10.1 Å². The highest BCUT2D eigenvalue weighted by atomic mass is 16.5. The summed E-state index contributed by atoms with van der Waals surface area (Å²) in [5.74, 6) is 0.971. The van der Waals surface area contributed by atoms with Crippen LogP contribution in [-0.2, 0) is 6.54 Å². The van der Waals surface area contributed by atoms with E-state index in [0.717, 1.165) is 35.7 Å². The minimum absolute atomic E-state index is 0.489. The predicted molar refractivity (Wildman–Crippen MR) is 78.5 cm³/mol. The number of aromatic nitrogens is 1. The van der Waals surface area contributed by atoms with Crippen molar-refractivity contribution in [3.8, 4) is 5.75 Å². The molecule has 1 aliphatic carbocycles. The summed E-state index contributed by atoms with van der Waals surface area (Å²) in [6, 6.07) is 0. The number of pyridine rings is 1. The number of hydrogen-bond donors (Lipinski definition) is 1. The van der Waals surface area contributed by atoms with Crippen LogP contribution in [-0.4, -0.2) is 18.6 Å². The third-order valence-electron chi connectivity index (χ3n) is 4.40. The molecular weight excluding hydrogens is 236 g/mol. The Hall–Kier alpha value is -1.09. The van der Waals surface area contributed by atoms with E-state index in [-0.39, 0.29) is 0 Å². The second-order valence-electron chi connectivity index (χ2n) is 6.17. The first-order valence-corrected chi connectivity index (χ1v) is 7.25. The number of nitrogens with one attached hydrogen (secondary N) is 1. The third-order valence-corrected chi connectivity index (χ3v) is 4.40. The summed E-state index contributed by atoms with van der Waals surface area (Å²) < 4.78 is 5.45. The summed E-state index contributed by atoms with van der Waals surface area (Å²) in [5, 5.41) is 3.58. The number of ether oxygens (including phenoxy) is 1. The van der Waals surface area contributed by atoms with E-state index in [4.69, 9.17) is 4.74 Å². The van der Waals surface area contributed by atoms with Crippen LogP contribution in [0, 0.1) is 19.3 Å². The maximum absolute atomic E-state index is 5.45. The van der Waals surface area contributed by atoms with E-state index in [2.05, 4.69) is 24.1 Å². The van der Waals surface area contributed by atoms with Gasteiger partial charge in [0, 0.05) is 30.4 Å². The van der Waals surface area contributed by atoms with Gasteiger partial charge in [-0.05, 0) is 32.1 Å². The summed E-state index contributed by atoms with van der Waals surface area (Å²) in [6.07, 6.45) is 7.37. The number of nitrogens with zero attached hydrogens (tertiary/aromatic N) is 1. The molecule has 2 rings (SSSR count). The summed E-state index contributed by atoms with van der Waals surface area (Å²) in [6.45, 7) is 8.44. The van der Waals surface area contributed by atoms with Gasteiger partial charge >= 0.3 is 0 Å². The van der Waals surface area contributed by atoms with Crippen LogP contribution in [0.3, 0.4) is 0 Å². The largest absolute Gasteiger partial charge is 0.496 e. The zero-order valence-corrected chi connectivity index (χ0v) is 12.7. The van der Waals surface area contributed by atoms with Crippen LogP contribution >= 0.6 is 0 Å². The molecule has 0 radical (unpaired) electrons. The molecule has 3 nitrogen and oxygen atoms in total. The first-order valence-electron chi connectivity index (χ1n) is 7.25. The van der Waals surface area contributed by atoms with Crippen LogP contribution in [0.1, 0.15) is 49.4 Å². The van der Waals surface area contributed by atoms with Crippen LogP contribution in [0.25, 0.3) is 0 Å². The fourth-order valence-corrected chi connectivity index (χ4v) is 3.14. The average molecular weight is 262 g/mol. The fraction of sp³-hybridized carbons (Fsp3) is 0.688. The quantitative estimate of drug-likeness (QED) is 0.883. The molecule has 3 heteroatoms. The molecule has 0 amide bonds. The van der Waals surface area contributed by atoms with E-state index in [9.17, 15) is 0 Å². The van der Waals surface area contributed by atoms with Crippen molar-refractivity contribution in [3.63, 3.8) is 0 Å². The molecule has 0 aromatic carbocycles. The number of hydrogen-bond acceptors (Lipinski definition) is 3. The Labute approximate surface area is 116 Å². The summed E-state index contributed by atoms with van der Waals surface area (Å²) in [4.78, 5) is 4.53. The smallest absolute Gasteiger partial charge is 0.128 e. The maximum atomic E-state index is 5.45. The zero-order chi connectivity index (χ0) is 13.9. The lowest BCUT2D eigenvalue weighted by Gasteiger charge is -2.24. The van der Waals surface area contributed by atoms with Gasteiger partial charge in [-0.2, -0.15) is 0 Å². The highest BCUT2D eigenvalue weighted by Gasteiger charge is 2.27. The fourth-order valence-electron chi connectivity index (χ4n) is 3.14. The van der Waals surface area contributed by atoms with Crippen molar-refractivity contribution in [1.82, 2.24) is 10.3 Å². The first-order chi connectivity index (χ1) is 9.06. The Morgan fingerprint density at radius 1 is 1.32 bits per heavy atom. The van der Waals surface area contributed by atoms with Crippen molar-refractivity contribution < 1.29 is 4.74 Å². The van der Waals surface area contributed by atoms with Crippen LogP contribution in [0.15, 0.2) is 6.20 Å². The first kappa shape index (κ1) is 14.3.